The summed E-state index contributed by atoms with van der Waals surface area (Å²) in [5.41, 5.74) is 4.05. The number of pyridine rings is 1. The Hall–Kier alpha value is -1.87. The molecule has 1 N–H and O–H groups in total. The molecular formula is C16H19NO2. The van der Waals surface area contributed by atoms with E-state index in [0.29, 0.717) is 0 Å². The zero-order valence-electron chi connectivity index (χ0n) is 11.6. The maximum Gasteiger partial charge on any atom is 0.118 e. The summed E-state index contributed by atoms with van der Waals surface area (Å²) in [4.78, 5) is 4.63. The Labute approximate surface area is 113 Å². The number of hydrogen-bond acceptors (Lipinski definition) is 3. The fourth-order valence-corrected chi connectivity index (χ4v) is 1.95. The molecule has 2 aromatic rings. The third kappa shape index (κ3) is 3.12. The van der Waals surface area contributed by atoms with Gasteiger partial charge in [0.15, 0.2) is 0 Å². The number of aliphatic hydroxyl groups excluding tert-OH is 1. The molecule has 3 nitrogen and oxygen atoms in total. The highest BCUT2D eigenvalue weighted by Crippen LogP contribution is 2.24. The van der Waals surface area contributed by atoms with Crippen molar-refractivity contribution in [1.29, 1.82) is 0 Å². The molecular weight excluding hydrogens is 238 g/mol. The Kier molecular flexibility index (Phi) is 4.17. The van der Waals surface area contributed by atoms with Gasteiger partial charge >= 0.3 is 0 Å². The van der Waals surface area contributed by atoms with E-state index in [1.54, 1.807) is 7.11 Å². The van der Waals surface area contributed by atoms with Gasteiger partial charge in [-0.2, -0.15) is 0 Å². The SMILES string of the molecule is COc1ccc(-c2cc(C)cc([C@H](C)CO)n2)cc1. The van der Waals surface area contributed by atoms with Crippen LogP contribution in [0.15, 0.2) is 36.4 Å². The second kappa shape index (κ2) is 5.85. The predicted octanol–water partition coefficient (Wildman–Crippen LogP) is 3.16. The molecule has 3 heteroatoms. The smallest absolute Gasteiger partial charge is 0.118 e. The van der Waals surface area contributed by atoms with Crippen LogP contribution in [0.4, 0.5) is 0 Å². The van der Waals surface area contributed by atoms with Crippen LogP contribution in [0.5, 0.6) is 5.75 Å². The molecule has 0 amide bonds. The fourth-order valence-electron chi connectivity index (χ4n) is 1.95. The molecule has 0 aliphatic carbocycles. The average Bonchev–Trinajstić information content (AvgIpc) is 2.45. The van der Waals surface area contributed by atoms with Crippen molar-refractivity contribution in [2.75, 3.05) is 13.7 Å². The number of hydrogen-bond donors (Lipinski definition) is 1. The van der Waals surface area contributed by atoms with Gasteiger partial charge < -0.3 is 9.84 Å². The van der Waals surface area contributed by atoms with E-state index in [2.05, 4.69) is 11.1 Å². The van der Waals surface area contributed by atoms with Gasteiger partial charge in [-0.3, -0.25) is 4.98 Å². The Balaban J connectivity index is 2.40. The Morgan fingerprint density at radius 3 is 2.47 bits per heavy atom. The zero-order chi connectivity index (χ0) is 13.8. The van der Waals surface area contributed by atoms with Crippen molar-refractivity contribution in [3.63, 3.8) is 0 Å². The molecule has 0 saturated carbocycles. The zero-order valence-corrected chi connectivity index (χ0v) is 11.6. The third-order valence-corrected chi connectivity index (χ3v) is 3.15. The van der Waals surface area contributed by atoms with Gasteiger partial charge in [0.1, 0.15) is 5.75 Å². The van der Waals surface area contributed by atoms with E-state index in [-0.39, 0.29) is 12.5 Å². The molecule has 1 aromatic carbocycles. The van der Waals surface area contributed by atoms with Gasteiger partial charge in [0.2, 0.25) is 0 Å². The summed E-state index contributed by atoms with van der Waals surface area (Å²) in [6.45, 7) is 4.13. The molecule has 0 unspecified atom stereocenters. The van der Waals surface area contributed by atoms with Gasteiger partial charge in [-0.15, -0.1) is 0 Å². The normalized spacial score (nSPS) is 12.2. The van der Waals surface area contributed by atoms with Gasteiger partial charge in [-0.05, 0) is 48.9 Å². The summed E-state index contributed by atoms with van der Waals surface area (Å²) in [6, 6.07) is 11.9. The Morgan fingerprint density at radius 1 is 1.21 bits per heavy atom. The molecule has 0 spiro atoms. The first-order valence-electron chi connectivity index (χ1n) is 6.38. The molecule has 1 atom stereocenters. The third-order valence-electron chi connectivity index (χ3n) is 3.15. The summed E-state index contributed by atoms with van der Waals surface area (Å²) in [5, 5.41) is 9.25. The first-order chi connectivity index (χ1) is 9.13. The minimum Gasteiger partial charge on any atom is -0.497 e. The van der Waals surface area contributed by atoms with Crippen LogP contribution in [-0.2, 0) is 0 Å². The van der Waals surface area contributed by atoms with E-state index in [1.807, 2.05) is 44.2 Å². The summed E-state index contributed by atoms with van der Waals surface area (Å²) in [5.74, 6) is 0.886. The molecule has 0 aliphatic heterocycles. The van der Waals surface area contributed by atoms with Crippen molar-refractivity contribution in [3.8, 4) is 17.0 Å². The Morgan fingerprint density at radius 2 is 1.89 bits per heavy atom. The van der Waals surface area contributed by atoms with Crippen LogP contribution < -0.4 is 4.74 Å². The van der Waals surface area contributed by atoms with Crippen LogP contribution in [0.1, 0.15) is 24.1 Å². The average molecular weight is 257 g/mol. The van der Waals surface area contributed by atoms with E-state index in [9.17, 15) is 5.11 Å². The van der Waals surface area contributed by atoms with Crippen molar-refractivity contribution in [2.45, 2.75) is 19.8 Å². The lowest BCUT2D eigenvalue weighted by Gasteiger charge is -2.11. The van der Waals surface area contributed by atoms with Crippen molar-refractivity contribution in [2.24, 2.45) is 0 Å². The molecule has 0 bridgehead atoms. The number of methoxy groups -OCH3 is 1. The lowest BCUT2D eigenvalue weighted by atomic mass is 10.0. The summed E-state index contributed by atoms with van der Waals surface area (Å²) in [7, 11) is 1.65. The minimum atomic E-state index is 0.0527. The molecule has 0 fully saturated rings. The highest BCUT2D eigenvalue weighted by Gasteiger charge is 2.09. The Bertz CT molecular complexity index is 549. The van der Waals surface area contributed by atoms with Crippen LogP contribution in [0, 0.1) is 6.92 Å². The van der Waals surface area contributed by atoms with E-state index in [4.69, 9.17) is 4.74 Å². The van der Waals surface area contributed by atoms with Gasteiger partial charge in [0.25, 0.3) is 0 Å². The predicted molar refractivity (Wildman–Crippen MR) is 76.5 cm³/mol. The molecule has 2 rings (SSSR count). The molecule has 0 aliphatic rings. The molecule has 1 aromatic heterocycles. The van der Waals surface area contributed by atoms with Crippen LogP contribution in [0.3, 0.4) is 0 Å². The van der Waals surface area contributed by atoms with Crippen LogP contribution in [0.25, 0.3) is 11.3 Å². The number of aryl methyl sites for hydroxylation is 1. The summed E-state index contributed by atoms with van der Waals surface area (Å²) >= 11 is 0. The molecule has 0 saturated heterocycles. The summed E-state index contributed by atoms with van der Waals surface area (Å²) in [6.07, 6.45) is 0. The van der Waals surface area contributed by atoms with Crippen LogP contribution in [0.2, 0.25) is 0 Å². The first-order valence-corrected chi connectivity index (χ1v) is 6.38. The van der Waals surface area contributed by atoms with E-state index in [0.717, 1.165) is 28.3 Å². The van der Waals surface area contributed by atoms with Crippen molar-refractivity contribution in [3.05, 3.63) is 47.7 Å². The molecule has 100 valence electrons. The maximum absolute atomic E-state index is 9.25. The standard InChI is InChI=1S/C16H19NO2/c1-11-8-15(12(2)10-18)17-16(9-11)13-4-6-14(19-3)7-5-13/h4-9,12,18H,10H2,1-3H3/t12-/m1/s1. The van der Waals surface area contributed by atoms with Crippen molar-refractivity contribution >= 4 is 0 Å². The molecule has 0 radical (unpaired) electrons. The number of rotatable bonds is 4. The topological polar surface area (TPSA) is 42.4 Å². The van der Waals surface area contributed by atoms with Crippen molar-refractivity contribution in [1.82, 2.24) is 4.98 Å². The van der Waals surface area contributed by atoms with Crippen LogP contribution >= 0.6 is 0 Å². The van der Waals surface area contributed by atoms with Gasteiger partial charge in [-0.1, -0.05) is 6.92 Å². The number of aliphatic hydroxyl groups is 1. The molecule has 19 heavy (non-hydrogen) atoms. The number of nitrogens with zero attached hydrogens (tertiary/aromatic N) is 1. The second-order valence-corrected chi connectivity index (χ2v) is 4.77. The van der Waals surface area contributed by atoms with E-state index < -0.39 is 0 Å². The quantitative estimate of drug-likeness (QED) is 0.914. The van der Waals surface area contributed by atoms with Crippen molar-refractivity contribution < 1.29 is 9.84 Å². The highest BCUT2D eigenvalue weighted by atomic mass is 16.5. The number of aromatic nitrogens is 1. The van der Waals surface area contributed by atoms with Gasteiger partial charge in [-0.25, -0.2) is 0 Å². The number of benzene rings is 1. The van der Waals surface area contributed by atoms with Gasteiger partial charge in [0.05, 0.1) is 19.4 Å². The largest absolute Gasteiger partial charge is 0.497 e. The number of ether oxygens (including phenoxy) is 1. The van der Waals surface area contributed by atoms with E-state index in [1.165, 1.54) is 0 Å². The second-order valence-electron chi connectivity index (χ2n) is 4.77. The lowest BCUT2D eigenvalue weighted by molar-refractivity contribution is 0.271. The maximum atomic E-state index is 9.25. The molecule has 1 heterocycles. The monoisotopic (exact) mass is 257 g/mol. The minimum absolute atomic E-state index is 0.0527. The summed E-state index contributed by atoms with van der Waals surface area (Å²) < 4.78 is 5.15. The first kappa shape index (κ1) is 13.6. The van der Waals surface area contributed by atoms with Gasteiger partial charge in [0, 0.05) is 17.2 Å². The fraction of sp³-hybridized carbons (Fsp3) is 0.312. The van der Waals surface area contributed by atoms with E-state index >= 15 is 0 Å². The highest BCUT2D eigenvalue weighted by molar-refractivity contribution is 5.61. The lowest BCUT2D eigenvalue weighted by Crippen LogP contribution is -2.03. The van der Waals surface area contributed by atoms with Crippen LogP contribution in [-0.4, -0.2) is 23.8 Å².